The Kier molecular flexibility index (Phi) is 9.40. The maximum atomic E-state index is 12.0. The van der Waals surface area contributed by atoms with Crippen LogP contribution in [0.2, 0.25) is 0 Å². The molecule has 1 saturated heterocycles. The van der Waals surface area contributed by atoms with E-state index >= 15 is 0 Å². The van der Waals surface area contributed by atoms with Crippen LogP contribution in [0.4, 0.5) is 0 Å². The molecular weight excluding hydrogens is 410 g/mol. The summed E-state index contributed by atoms with van der Waals surface area (Å²) in [6, 6.07) is 18.8. The van der Waals surface area contributed by atoms with Crippen LogP contribution in [0, 0.1) is 0 Å². The molecule has 1 aliphatic heterocycles. The Morgan fingerprint density at radius 3 is 2.06 bits per heavy atom. The van der Waals surface area contributed by atoms with E-state index < -0.39 is 30.6 Å². The molecule has 3 rings (SSSR count). The van der Waals surface area contributed by atoms with E-state index in [0.717, 1.165) is 11.1 Å². The van der Waals surface area contributed by atoms with E-state index in [2.05, 4.69) is 11.9 Å². The normalized spacial score (nSPS) is 25.2. The Hall–Kier alpha value is -2.55. The van der Waals surface area contributed by atoms with Gasteiger partial charge in [0.15, 0.2) is 6.29 Å². The number of rotatable bonds is 11. The predicted molar refractivity (Wildman–Crippen MR) is 120 cm³/mol. The average molecular weight is 442 g/mol. The summed E-state index contributed by atoms with van der Waals surface area (Å²) >= 11 is 0. The van der Waals surface area contributed by atoms with Crippen molar-refractivity contribution in [2.45, 2.75) is 50.8 Å². The Morgan fingerprint density at radius 2 is 1.56 bits per heavy atom. The molecule has 7 nitrogen and oxygen atoms in total. The molecule has 7 heteroatoms. The van der Waals surface area contributed by atoms with Gasteiger partial charge in [0.2, 0.25) is 5.91 Å². The van der Waals surface area contributed by atoms with Crippen molar-refractivity contribution in [3.63, 3.8) is 0 Å². The van der Waals surface area contributed by atoms with E-state index in [1.54, 1.807) is 6.08 Å². The minimum absolute atomic E-state index is 0.222. The SMILES string of the molecule is C=CCOC1O[C@H](CO)[C@@H](OCc2ccccc2)[C@H](OCc2ccccc2)[C@H]1NC(C)=O. The molecule has 1 unspecified atom stereocenters. The van der Waals surface area contributed by atoms with Gasteiger partial charge in [-0.05, 0) is 11.1 Å². The number of benzene rings is 2. The highest BCUT2D eigenvalue weighted by Crippen LogP contribution is 2.28. The highest BCUT2D eigenvalue weighted by molar-refractivity contribution is 5.73. The van der Waals surface area contributed by atoms with Crippen LogP contribution >= 0.6 is 0 Å². The fraction of sp³-hybridized carbons (Fsp3) is 0.400. The number of amides is 1. The van der Waals surface area contributed by atoms with Gasteiger partial charge in [0.25, 0.3) is 0 Å². The second-order valence-electron chi connectivity index (χ2n) is 7.60. The highest BCUT2D eigenvalue weighted by Gasteiger charge is 2.48. The second kappa shape index (κ2) is 12.5. The Morgan fingerprint density at radius 1 is 1.00 bits per heavy atom. The second-order valence-corrected chi connectivity index (χ2v) is 7.60. The molecule has 0 radical (unpaired) electrons. The molecule has 172 valence electrons. The zero-order valence-electron chi connectivity index (χ0n) is 18.3. The average Bonchev–Trinajstić information content (AvgIpc) is 2.82. The number of ether oxygens (including phenoxy) is 4. The molecule has 0 aromatic heterocycles. The third kappa shape index (κ3) is 6.72. The van der Waals surface area contributed by atoms with Gasteiger partial charge in [-0.2, -0.15) is 0 Å². The quantitative estimate of drug-likeness (QED) is 0.522. The summed E-state index contributed by atoms with van der Waals surface area (Å²) in [6.07, 6.45) is -1.18. The largest absolute Gasteiger partial charge is 0.394 e. The van der Waals surface area contributed by atoms with Crippen molar-refractivity contribution < 1.29 is 28.8 Å². The summed E-state index contributed by atoms with van der Waals surface area (Å²) in [5, 5.41) is 12.9. The first-order chi connectivity index (χ1) is 15.6. The summed E-state index contributed by atoms with van der Waals surface area (Å²) in [4.78, 5) is 12.0. The molecule has 2 aromatic rings. The molecule has 2 N–H and O–H groups in total. The van der Waals surface area contributed by atoms with Gasteiger partial charge in [-0.3, -0.25) is 4.79 Å². The topological polar surface area (TPSA) is 86.2 Å². The van der Waals surface area contributed by atoms with Crippen LogP contribution < -0.4 is 5.32 Å². The Bertz CT molecular complexity index is 831. The minimum atomic E-state index is -0.827. The number of nitrogens with one attached hydrogen (secondary N) is 1. The van der Waals surface area contributed by atoms with Crippen LogP contribution in [-0.2, 0) is 37.0 Å². The van der Waals surface area contributed by atoms with Gasteiger partial charge in [0, 0.05) is 6.92 Å². The van der Waals surface area contributed by atoms with Crippen molar-refractivity contribution in [2.75, 3.05) is 13.2 Å². The molecule has 1 amide bonds. The predicted octanol–water partition coefficient (Wildman–Crippen LogP) is 2.58. The molecule has 32 heavy (non-hydrogen) atoms. The summed E-state index contributed by atoms with van der Waals surface area (Å²) < 4.78 is 24.3. The van der Waals surface area contributed by atoms with E-state index in [-0.39, 0.29) is 19.1 Å². The van der Waals surface area contributed by atoms with Crippen molar-refractivity contribution in [3.05, 3.63) is 84.4 Å². The molecule has 0 spiro atoms. The molecule has 1 aliphatic rings. The fourth-order valence-electron chi connectivity index (χ4n) is 3.68. The molecule has 0 aliphatic carbocycles. The molecule has 2 aromatic carbocycles. The lowest BCUT2D eigenvalue weighted by Crippen LogP contribution is -2.65. The fourth-order valence-corrected chi connectivity index (χ4v) is 3.68. The van der Waals surface area contributed by atoms with Crippen LogP contribution in [0.15, 0.2) is 73.3 Å². The number of aliphatic hydroxyl groups excluding tert-OH is 1. The first-order valence-electron chi connectivity index (χ1n) is 10.7. The van der Waals surface area contributed by atoms with Crippen molar-refractivity contribution in [1.29, 1.82) is 0 Å². The lowest BCUT2D eigenvalue weighted by molar-refractivity contribution is -0.285. The lowest BCUT2D eigenvalue weighted by Gasteiger charge is -2.45. The minimum Gasteiger partial charge on any atom is -0.394 e. The summed E-state index contributed by atoms with van der Waals surface area (Å²) in [5.74, 6) is -0.247. The maximum Gasteiger partial charge on any atom is 0.217 e. The standard InChI is InChI=1S/C25H31NO6/c1-3-14-29-25-22(26-18(2)28)24(31-17-20-12-8-5-9-13-20)23(21(15-27)32-25)30-16-19-10-6-4-7-11-19/h3-13,21-25,27H,1,14-17H2,2H3,(H,26,28)/t21-,22-,23-,24-,25?/m1/s1. The van der Waals surface area contributed by atoms with Crippen LogP contribution in [0.3, 0.4) is 0 Å². The lowest BCUT2D eigenvalue weighted by atomic mass is 9.96. The molecule has 1 fully saturated rings. The third-order valence-corrected chi connectivity index (χ3v) is 5.15. The van der Waals surface area contributed by atoms with Crippen LogP contribution in [0.25, 0.3) is 0 Å². The number of aliphatic hydroxyl groups is 1. The monoisotopic (exact) mass is 441 g/mol. The number of carbonyl (C=O) groups is 1. The number of hydrogen-bond donors (Lipinski definition) is 2. The Balaban J connectivity index is 1.85. The summed E-state index contributed by atoms with van der Waals surface area (Å²) in [7, 11) is 0. The third-order valence-electron chi connectivity index (χ3n) is 5.15. The van der Waals surface area contributed by atoms with Gasteiger partial charge in [-0.1, -0.05) is 66.7 Å². The van der Waals surface area contributed by atoms with Crippen molar-refractivity contribution in [2.24, 2.45) is 0 Å². The van der Waals surface area contributed by atoms with Crippen molar-refractivity contribution in [1.82, 2.24) is 5.32 Å². The van der Waals surface area contributed by atoms with Crippen LogP contribution in [0.1, 0.15) is 18.1 Å². The molecule has 1 heterocycles. The van der Waals surface area contributed by atoms with E-state index in [4.69, 9.17) is 18.9 Å². The highest BCUT2D eigenvalue weighted by atomic mass is 16.7. The molecule has 5 atom stereocenters. The zero-order chi connectivity index (χ0) is 22.8. The number of carbonyl (C=O) groups excluding carboxylic acids is 1. The van der Waals surface area contributed by atoms with E-state index in [9.17, 15) is 9.90 Å². The molecule has 0 bridgehead atoms. The first kappa shape index (κ1) is 24.1. The summed E-state index contributed by atoms with van der Waals surface area (Å²) in [5.41, 5.74) is 1.96. The van der Waals surface area contributed by atoms with Gasteiger partial charge in [0.05, 0.1) is 26.4 Å². The smallest absolute Gasteiger partial charge is 0.217 e. The first-order valence-corrected chi connectivity index (χ1v) is 10.7. The van der Waals surface area contributed by atoms with Gasteiger partial charge in [0.1, 0.15) is 24.4 Å². The Labute approximate surface area is 188 Å². The van der Waals surface area contributed by atoms with Crippen molar-refractivity contribution >= 4 is 5.91 Å². The van der Waals surface area contributed by atoms with Gasteiger partial charge in [-0.15, -0.1) is 6.58 Å². The summed E-state index contributed by atoms with van der Waals surface area (Å²) in [6.45, 7) is 5.64. The van der Waals surface area contributed by atoms with Gasteiger partial charge < -0.3 is 29.4 Å². The maximum absolute atomic E-state index is 12.0. The van der Waals surface area contributed by atoms with E-state index in [1.165, 1.54) is 6.92 Å². The zero-order valence-corrected chi connectivity index (χ0v) is 18.3. The van der Waals surface area contributed by atoms with Crippen LogP contribution in [0.5, 0.6) is 0 Å². The van der Waals surface area contributed by atoms with Crippen LogP contribution in [-0.4, -0.2) is 54.9 Å². The van der Waals surface area contributed by atoms with Crippen molar-refractivity contribution in [3.8, 4) is 0 Å². The van der Waals surface area contributed by atoms with E-state index in [0.29, 0.717) is 13.2 Å². The number of hydrogen-bond acceptors (Lipinski definition) is 6. The van der Waals surface area contributed by atoms with Gasteiger partial charge >= 0.3 is 0 Å². The molecule has 0 saturated carbocycles. The van der Waals surface area contributed by atoms with Gasteiger partial charge in [-0.25, -0.2) is 0 Å². The van der Waals surface area contributed by atoms with E-state index in [1.807, 2.05) is 60.7 Å². The molecular formula is C25H31NO6.